The number of hydrogen-bond donors (Lipinski definition) is 2. The molecule has 0 saturated heterocycles. The zero-order valence-electron chi connectivity index (χ0n) is 11.7. The van der Waals surface area contributed by atoms with Gasteiger partial charge in [0.2, 0.25) is 0 Å². The third-order valence-electron chi connectivity index (χ3n) is 2.86. The Labute approximate surface area is 118 Å². The van der Waals surface area contributed by atoms with Crippen LogP contribution in [-0.2, 0) is 16.0 Å². The van der Waals surface area contributed by atoms with E-state index in [1.54, 1.807) is 14.2 Å². The molecule has 0 unspecified atom stereocenters. The van der Waals surface area contributed by atoms with E-state index in [0.717, 1.165) is 5.56 Å². The van der Waals surface area contributed by atoms with Crippen molar-refractivity contribution in [3.63, 3.8) is 0 Å². The van der Waals surface area contributed by atoms with Gasteiger partial charge in [0.15, 0.2) is 0 Å². The van der Waals surface area contributed by atoms with E-state index in [-0.39, 0.29) is 6.42 Å². The first kappa shape index (κ1) is 16.0. The Hall–Kier alpha value is -2.08. The number of amides is 2. The smallest absolute Gasteiger partial charge is 0.326 e. The van der Waals surface area contributed by atoms with Crippen molar-refractivity contribution in [3.05, 3.63) is 35.9 Å². The number of nitrogens with one attached hydrogen (secondary N) is 1. The number of urea groups is 1. The zero-order chi connectivity index (χ0) is 15.0. The maximum Gasteiger partial charge on any atom is 0.326 e. The highest BCUT2D eigenvalue weighted by atomic mass is 16.5. The van der Waals surface area contributed by atoms with Gasteiger partial charge in [-0.1, -0.05) is 30.3 Å². The lowest BCUT2D eigenvalue weighted by Crippen LogP contribution is -2.48. The van der Waals surface area contributed by atoms with E-state index in [1.165, 1.54) is 4.90 Å². The van der Waals surface area contributed by atoms with Crippen molar-refractivity contribution in [2.75, 3.05) is 27.3 Å². The minimum Gasteiger partial charge on any atom is -0.480 e. The van der Waals surface area contributed by atoms with Gasteiger partial charge in [-0.15, -0.1) is 0 Å². The van der Waals surface area contributed by atoms with E-state index in [0.29, 0.717) is 13.2 Å². The summed E-state index contributed by atoms with van der Waals surface area (Å²) in [6.07, 6.45) is 0.250. The van der Waals surface area contributed by atoms with Crippen molar-refractivity contribution < 1.29 is 19.4 Å². The number of hydrogen-bond acceptors (Lipinski definition) is 3. The molecule has 0 bridgehead atoms. The summed E-state index contributed by atoms with van der Waals surface area (Å²) in [6.45, 7) is 0.806. The summed E-state index contributed by atoms with van der Waals surface area (Å²) >= 11 is 0. The molecule has 6 heteroatoms. The van der Waals surface area contributed by atoms with Crippen LogP contribution in [0.1, 0.15) is 5.56 Å². The highest BCUT2D eigenvalue weighted by Gasteiger charge is 2.21. The van der Waals surface area contributed by atoms with Gasteiger partial charge in [-0.05, 0) is 5.56 Å². The van der Waals surface area contributed by atoms with Crippen LogP contribution in [0.15, 0.2) is 30.3 Å². The third kappa shape index (κ3) is 5.27. The lowest BCUT2D eigenvalue weighted by Gasteiger charge is -2.21. The number of likely N-dealkylation sites (N-methyl/N-ethyl adjacent to an activating group) is 1. The predicted octanol–water partition coefficient (Wildman–Crippen LogP) is 0.970. The van der Waals surface area contributed by atoms with E-state index in [2.05, 4.69) is 5.32 Å². The average Bonchev–Trinajstić information content (AvgIpc) is 2.44. The van der Waals surface area contributed by atoms with Gasteiger partial charge < -0.3 is 20.1 Å². The largest absolute Gasteiger partial charge is 0.480 e. The molecule has 1 aromatic carbocycles. The second-order valence-electron chi connectivity index (χ2n) is 4.44. The van der Waals surface area contributed by atoms with Gasteiger partial charge in [-0.3, -0.25) is 0 Å². The van der Waals surface area contributed by atoms with E-state index in [1.807, 2.05) is 30.3 Å². The molecule has 1 rings (SSSR count). The van der Waals surface area contributed by atoms with Crippen LogP contribution in [0.25, 0.3) is 0 Å². The van der Waals surface area contributed by atoms with Crippen LogP contribution >= 0.6 is 0 Å². The highest BCUT2D eigenvalue weighted by molar-refractivity contribution is 5.82. The number of rotatable bonds is 7. The Balaban J connectivity index is 2.59. The fraction of sp³-hybridized carbons (Fsp3) is 0.429. The Kier molecular flexibility index (Phi) is 6.52. The van der Waals surface area contributed by atoms with Crippen molar-refractivity contribution >= 4 is 12.0 Å². The summed E-state index contributed by atoms with van der Waals surface area (Å²) in [7, 11) is 3.14. The number of carboxylic acid groups (broad SMARTS) is 1. The molecule has 1 aromatic rings. The minimum atomic E-state index is -1.05. The number of methoxy groups -OCH3 is 1. The number of carboxylic acids is 1. The van der Waals surface area contributed by atoms with Gasteiger partial charge in [0, 0.05) is 27.1 Å². The third-order valence-corrected chi connectivity index (χ3v) is 2.86. The normalized spacial score (nSPS) is 11.7. The van der Waals surface area contributed by atoms with Gasteiger partial charge in [-0.25, -0.2) is 9.59 Å². The minimum absolute atomic E-state index is 0.250. The van der Waals surface area contributed by atoms with Crippen molar-refractivity contribution in [2.45, 2.75) is 12.5 Å². The summed E-state index contributed by atoms with van der Waals surface area (Å²) in [5, 5.41) is 11.7. The number of nitrogens with zero attached hydrogens (tertiary/aromatic N) is 1. The zero-order valence-corrected chi connectivity index (χ0v) is 11.7. The lowest BCUT2D eigenvalue weighted by molar-refractivity contribution is -0.139. The SMILES string of the molecule is COCCN(C)C(=O)N[C@H](Cc1ccccc1)C(=O)O. The van der Waals surface area contributed by atoms with Gasteiger partial charge in [0.1, 0.15) is 6.04 Å². The quantitative estimate of drug-likeness (QED) is 0.780. The number of aliphatic carboxylic acids is 1. The second kappa shape index (κ2) is 8.16. The Morgan fingerprint density at radius 2 is 2.00 bits per heavy atom. The summed E-state index contributed by atoms with van der Waals surface area (Å²) in [4.78, 5) is 24.5. The summed E-state index contributed by atoms with van der Waals surface area (Å²) in [5.41, 5.74) is 0.861. The molecule has 2 amide bonds. The molecule has 0 fully saturated rings. The van der Waals surface area contributed by atoms with Crippen LogP contribution in [0.4, 0.5) is 4.79 Å². The summed E-state index contributed by atoms with van der Waals surface area (Å²) < 4.78 is 4.87. The molecule has 0 saturated carbocycles. The van der Waals surface area contributed by atoms with E-state index in [9.17, 15) is 14.7 Å². The van der Waals surface area contributed by atoms with Crippen molar-refractivity contribution in [1.29, 1.82) is 0 Å². The molecule has 1 atom stereocenters. The van der Waals surface area contributed by atoms with Crippen LogP contribution in [0, 0.1) is 0 Å². The number of carbonyl (C=O) groups is 2. The van der Waals surface area contributed by atoms with E-state index in [4.69, 9.17) is 4.74 Å². The number of ether oxygens (including phenoxy) is 1. The molecule has 110 valence electrons. The Bertz CT molecular complexity index is 436. The summed E-state index contributed by atoms with van der Waals surface area (Å²) in [5.74, 6) is -1.05. The average molecular weight is 280 g/mol. The van der Waals surface area contributed by atoms with Gasteiger partial charge >= 0.3 is 12.0 Å². The maximum atomic E-state index is 11.8. The Morgan fingerprint density at radius 1 is 1.35 bits per heavy atom. The first-order valence-corrected chi connectivity index (χ1v) is 6.32. The highest BCUT2D eigenvalue weighted by Crippen LogP contribution is 2.04. The number of benzene rings is 1. The topological polar surface area (TPSA) is 78.9 Å². The van der Waals surface area contributed by atoms with E-state index >= 15 is 0 Å². The van der Waals surface area contributed by atoms with Gasteiger partial charge in [-0.2, -0.15) is 0 Å². The molecule has 2 N–H and O–H groups in total. The molecule has 6 nitrogen and oxygen atoms in total. The fourth-order valence-electron chi connectivity index (χ4n) is 1.64. The first-order valence-electron chi connectivity index (χ1n) is 6.32. The van der Waals surface area contributed by atoms with Crippen LogP contribution in [0.3, 0.4) is 0 Å². The van der Waals surface area contributed by atoms with Crippen molar-refractivity contribution in [3.8, 4) is 0 Å². The molecule has 0 aliphatic carbocycles. The fourth-order valence-corrected chi connectivity index (χ4v) is 1.64. The number of carbonyl (C=O) groups excluding carboxylic acids is 1. The predicted molar refractivity (Wildman–Crippen MR) is 74.6 cm³/mol. The Morgan fingerprint density at radius 3 is 2.55 bits per heavy atom. The molecule has 20 heavy (non-hydrogen) atoms. The maximum absolute atomic E-state index is 11.8. The molecule has 0 heterocycles. The molecular formula is C14H20N2O4. The molecule has 0 aliphatic heterocycles. The molecule has 0 aliphatic rings. The van der Waals surface area contributed by atoms with Crippen LogP contribution in [0.5, 0.6) is 0 Å². The molecule has 0 spiro atoms. The summed E-state index contributed by atoms with van der Waals surface area (Å²) in [6, 6.07) is 7.81. The lowest BCUT2D eigenvalue weighted by atomic mass is 10.1. The van der Waals surface area contributed by atoms with E-state index < -0.39 is 18.0 Å². The van der Waals surface area contributed by atoms with Crippen LogP contribution < -0.4 is 5.32 Å². The van der Waals surface area contributed by atoms with Crippen LogP contribution in [-0.4, -0.2) is 55.4 Å². The van der Waals surface area contributed by atoms with Crippen molar-refractivity contribution in [1.82, 2.24) is 10.2 Å². The monoisotopic (exact) mass is 280 g/mol. The second-order valence-corrected chi connectivity index (χ2v) is 4.44. The van der Waals surface area contributed by atoms with Gasteiger partial charge in [0.05, 0.1) is 6.61 Å². The van der Waals surface area contributed by atoms with Crippen LogP contribution in [0.2, 0.25) is 0 Å². The standard InChI is InChI=1S/C14H20N2O4/c1-16(8-9-20-2)14(19)15-12(13(17)18)10-11-6-4-3-5-7-11/h3-7,12H,8-10H2,1-2H3,(H,15,19)(H,17,18)/t12-/m1/s1. The molecular weight excluding hydrogens is 260 g/mol. The molecule has 0 radical (unpaired) electrons. The van der Waals surface area contributed by atoms with Gasteiger partial charge in [0.25, 0.3) is 0 Å². The molecule has 0 aromatic heterocycles. The first-order chi connectivity index (χ1) is 9.54. The van der Waals surface area contributed by atoms with Crippen molar-refractivity contribution in [2.24, 2.45) is 0 Å².